The third-order valence-corrected chi connectivity index (χ3v) is 7.93. The van der Waals surface area contributed by atoms with E-state index in [0.717, 1.165) is 78.7 Å². The summed E-state index contributed by atoms with van der Waals surface area (Å²) in [6, 6.07) is 4.07. The number of aromatic nitrogens is 5. The maximum atomic E-state index is 15.3. The van der Waals surface area contributed by atoms with Gasteiger partial charge in [0.15, 0.2) is 5.65 Å². The third kappa shape index (κ3) is 4.33. The largest absolute Gasteiger partial charge is 0.381 e. The summed E-state index contributed by atoms with van der Waals surface area (Å²) in [5.41, 5.74) is 6.67. The SMILES string of the molecule is CCN1CCC(n2cc(-c3c[nH]c4ncc(-c5cc(C)c(C6CCOCC6)c(F)c5)nc34)cn2)CC1. The highest BCUT2D eigenvalue weighted by Crippen LogP contribution is 2.35. The molecule has 1 aromatic carbocycles. The predicted molar refractivity (Wildman–Crippen MR) is 138 cm³/mol. The van der Waals surface area contributed by atoms with Gasteiger partial charge in [-0.15, -0.1) is 0 Å². The summed E-state index contributed by atoms with van der Waals surface area (Å²) >= 11 is 0. The van der Waals surface area contributed by atoms with E-state index in [1.165, 1.54) is 0 Å². The summed E-state index contributed by atoms with van der Waals surface area (Å²) in [4.78, 5) is 15.2. The number of hydrogen-bond donors (Lipinski definition) is 1. The second kappa shape index (κ2) is 9.75. The molecule has 0 bridgehead atoms. The van der Waals surface area contributed by atoms with Crippen LogP contribution in [0.4, 0.5) is 4.39 Å². The van der Waals surface area contributed by atoms with Crippen molar-refractivity contribution in [1.29, 1.82) is 0 Å². The maximum absolute atomic E-state index is 15.3. The van der Waals surface area contributed by atoms with Crippen molar-refractivity contribution in [3.8, 4) is 22.4 Å². The summed E-state index contributed by atoms with van der Waals surface area (Å²) in [7, 11) is 0. The standard InChI is InChI=1S/C28H33FN6O/c1-3-34-8-4-22(5-9-34)35-17-21(14-32-35)23-15-30-28-27(23)33-25(16-31-28)20-12-18(2)26(24(29)13-20)19-6-10-36-11-7-19/h12-17,19,22H,3-11H2,1-2H3,(H,30,31). The molecule has 0 amide bonds. The van der Waals surface area contributed by atoms with E-state index in [2.05, 4.69) is 37.8 Å². The van der Waals surface area contributed by atoms with Gasteiger partial charge in [0.1, 0.15) is 11.3 Å². The summed E-state index contributed by atoms with van der Waals surface area (Å²) in [5, 5.41) is 4.69. The lowest BCUT2D eigenvalue weighted by atomic mass is 9.87. The van der Waals surface area contributed by atoms with Gasteiger partial charge in [-0.2, -0.15) is 5.10 Å². The number of aromatic amines is 1. The lowest BCUT2D eigenvalue weighted by molar-refractivity contribution is 0.0845. The first-order valence-electron chi connectivity index (χ1n) is 13.1. The topological polar surface area (TPSA) is 71.9 Å². The van der Waals surface area contributed by atoms with Crippen LogP contribution < -0.4 is 0 Å². The van der Waals surface area contributed by atoms with E-state index in [-0.39, 0.29) is 11.7 Å². The minimum absolute atomic E-state index is 0.163. The molecular formula is C28H33FN6O. The van der Waals surface area contributed by atoms with Crippen LogP contribution in [0.15, 0.2) is 36.9 Å². The molecule has 6 rings (SSSR count). The average molecular weight is 489 g/mol. The Morgan fingerprint density at radius 1 is 1.08 bits per heavy atom. The van der Waals surface area contributed by atoms with Crippen LogP contribution in [0, 0.1) is 12.7 Å². The van der Waals surface area contributed by atoms with Crippen molar-refractivity contribution in [3.05, 3.63) is 53.9 Å². The molecule has 5 heterocycles. The van der Waals surface area contributed by atoms with Gasteiger partial charge in [-0.25, -0.2) is 14.4 Å². The molecule has 1 N–H and O–H groups in total. The molecule has 8 heteroatoms. The molecule has 0 unspecified atom stereocenters. The second-order valence-electron chi connectivity index (χ2n) is 10.1. The van der Waals surface area contributed by atoms with Gasteiger partial charge in [0.2, 0.25) is 0 Å². The molecule has 0 aliphatic carbocycles. The zero-order chi connectivity index (χ0) is 24.6. The van der Waals surface area contributed by atoms with Crippen molar-refractivity contribution in [2.75, 3.05) is 32.8 Å². The van der Waals surface area contributed by atoms with E-state index in [9.17, 15) is 0 Å². The Morgan fingerprint density at radius 3 is 2.64 bits per heavy atom. The molecule has 188 valence electrons. The smallest absolute Gasteiger partial charge is 0.156 e. The first-order chi connectivity index (χ1) is 17.6. The number of aryl methyl sites for hydroxylation is 1. The first kappa shape index (κ1) is 23.3. The molecular weight excluding hydrogens is 455 g/mol. The highest BCUT2D eigenvalue weighted by atomic mass is 19.1. The van der Waals surface area contributed by atoms with Crippen molar-refractivity contribution in [2.45, 2.75) is 51.5 Å². The van der Waals surface area contributed by atoms with Gasteiger partial charge in [-0.05, 0) is 68.3 Å². The van der Waals surface area contributed by atoms with Crippen LogP contribution in [0.25, 0.3) is 33.5 Å². The number of nitrogens with one attached hydrogen (secondary N) is 1. The number of piperidine rings is 1. The molecule has 7 nitrogen and oxygen atoms in total. The average Bonchev–Trinajstić information content (AvgIpc) is 3.56. The number of likely N-dealkylation sites (tertiary alicyclic amines) is 1. The number of nitrogens with zero attached hydrogens (tertiary/aromatic N) is 5. The van der Waals surface area contributed by atoms with Crippen LogP contribution in [0.1, 0.15) is 55.7 Å². The van der Waals surface area contributed by atoms with Crippen molar-refractivity contribution >= 4 is 11.2 Å². The van der Waals surface area contributed by atoms with E-state index in [0.29, 0.717) is 30.6 Å². The van der Waals surface area contributed by atoms with Gasteiger partial charge < -0.3 is 14.6 Å². The molecule has 0 spiro atoms. The van der Waals surface area contributed by atoms with Gasteiger partial charge in [0.05, 0.1) is 24.1 Å². The number of halogens is 1. The Balaban J connectivity index is 1.30. The molecule has 0 radical (unpaired) electrons. The van der Waals surface area contributed by atoms with Crippen LogP contribution >= 0.6 is 0 Å². The van der Waals surface area contributed by atoms with Crippen molar-refractivity contribution < 1.29 is 9.13 Å². The number of fused-ring (bicyclic) bond motifs is 1. The van der Waals surface area contributed by atoms with Gasteiger partial charge >= 0.3 is 0 Å². The fraction of sp³-hybridized carbons (Fsp3) is 0.464. The van der Waals surface area contributed by atoms with Gasteiger partial charge in [0.25, 0.3) is 0 Å². The molecule has 0 atom stereocenters. The fourth-order valence-corrected chi connectivity index (χ4v) is 5.83. The summed E-state index contributed by atoms with van der Waals surface area (Å²) < 4.78 is 22.9. The molecule has 2 aliphatic heterocycles. The Bertz CT molecular complexity index is 1340. The first-order valence-corrected chi connectivity index (χ1v) is 13.1. The molecule has 2 fully saturated rings. The normalized spacial score (nSPS) is 18.3. The van der Waals surface area contributed by atoms with E-state index >= 15 is 4.39 Å². The lowest BCUT2D eigenvalue weighted by Gasteiger charge is -2.31. The Hall–Kier alpha value is -3.10. The van der Waals surface area contributed by atoms with E-state index in [4.69, 9.17) is 9.72 Å². The fourth-order valence-electron chi connectivity index (χ4n) is 5.83. The Kier molecular flexibility index (Phi) is 6.31. The van der Waals surface area contributed by atoms with Crippen LogP contribution in [0.5, 0.6) is 0 Å². The van der Waals surface area contributed by atoms with E-state index in [1.54, 1.807) is 12.3 Å². The van der Waals surface area contributed by atoms with Crippen LogP contribution in [-0.2, 0) is 4.74 Å². The quantitative estimate of drug-likeness (QED) is 0.402. The summed E-state index contributed by atoms with van der Waals surface area (Å²) in [5.74, 6) is 0.0480. The second-order valence-corrected chi connectivity index (χ2v) is 10.1. The minimum Gasteiger partial charge on any atom is -0.381 e. The van der Waals surface area contributed by atoms with E-state index < -0.39 is 0 Å². The Morgan fingerprint density at radius 2 is 1.89 bits per heavy atom. The zero-order valence-electron chi connectivity index (χ0n) is 21.0. The zero-order valence-corrected chi connectivity index (χ0v) is 21.0. The predicted octanol–water partition coefficient (Wildman–Crippen LogP) is 5.49. The van der Waals surface area contributed by atoms with Gasteiger partial charge in [-0.1, -0.05) is 6.92 Å². The summed E-state index contributed by atoms with van der Waals surface area (Å²) in [6.07, 6.45) is 11.6. The van der Waals surface area contributed by atoms with Crippen molar-refractivity contribution in [3.63, 3.8) is 0 Å². The number of H-pyrrole nitrogens is 1. The highest BCUT2D eigenvalue weighted by Gasteiger charge is 2.23. The number of rotatable bonds is 5. The van der Waals surface area contributed by atoms with Crippen molar-refractivity contribution in [1.82, 2.24) is 29.6 Å². The maximum Gasteiger partial charge on any atom is 0.156 e. The lowest BCUT2D eigenvalue weighted by Crippen LogP contribution is -2.34. The van der Waals surface area contributed by atoms with Crippen LogP contribution in [0.3, 0.4) is 0 Å². The molecule has 4 aromatic rings. The van der Waals surface area contributed by atoms with Gasteiger partial charge in [-0.3, -0.25) is 4.68 Å². The highest BCUT2D eigenvalue weighted by molar-refractivity contribution is 5.91. The molecule has 36 heavy (non-hydrogen) atoms. The third-order valence-electron chi connectivity index (χ3n) is 7.93. The summed E-state index contributed by atoms with van der Waals surface area (Å²) in [6.45, 7) is 8.92. The molecule has 0 saturated carbocycles. The van der Waals surface area contributed by atoms with Crippen molar-refractivity contribution in [2.24, 2.45) is 0 Å². The molecule has 2 aliphatic rings. The van der Waals surface area contributed by atoms with Crippen LogP contribution in [0.2, 0.25) is 0 Å². The molecule has 3 aromatic heterocycles. The molecule has 2 saturated heterocycles. The van der Waals surface area contributed by atoms with E-state index in [1.807, 2.05) is 25.4 Å². The number of hydrogen-bond acceptors (Lipinski definition) is 5. The van der Waals surface area contributed by atoms with Gasteiger partial charge in [0, 0.05) is 55.4 Å². The number of ether oxygens (including phenoxy) is 1. The monoisotopic (exact) mass is 488 g/mol. The Labute approximate surface area is 210 Å². The number of benzene rings is 1. The minimum atomic E-state index is -0.163. The van der Waals surface area contributed by atoms with Crippen LogP contribution in [-0.4, -0.2) is 62.5 Å².